The van der Waals surface area contributed by atoms with E-state index in [0.717, 1.165) is 15.1 Å². The van der Waals surface area contributed by atoms with E-state index >= 15 is 0 Å². The molecule has 0 saturated carbocycles. The van der Waals surface area contributed by atoms with E-state index < -0.39 is 0 Å². The smallest absolute Gasteiger partial charge is 0.237 e. The molecule has 2 aromatic carbocycles. The van der Waals surface area contributed by atoms with Crippen LogP contribution in [-0.2, 0) is 4.79 Å². The Morgan fingerprint density at radius 2 is 1.85 bits per heavy atom. The molecule has 0 fully saturated rings. The van der Waals surface area contributed by atoms with Gasteiger partial charge >= 0.3 is 0 Å². The Bertz CT molecular complexity index is 603. The lowest BCUT2D eigenvalue weighted by Gasteiger charge is -2.13. The highest BCUT2D eigenvalue weighted by Gasteiger charge is 2.15. The van der Waals surface area contributed by atoms with Gasteiger partial charge in [-0.25, -0.2) is 0 Å². The van der Waals surface area contributed by atoms with Crippen LogP contribution in [0.15, 0.2) is 57.9 Å². The van der Waals surface area contributed by atoms with Gasteiger partial charge in [0.05, 0.1) is 10.9 Å². The molecule has 2 rings (SSSR count). The first kappa shape index (κ1) is 15.4. The number of rotatable bonds is 4. The van der Waals surface area contributed by atoms with Crippen molar-refractivity contribution in [3.8, 4) is 0 Å². The van der Waals surface area contributed by atoms with Crippen LogP contribution in [0.25, 0.3) is 0 Å². The van der Waals surface area contributed by atoms with Crippen LogP contribution >= 0.6 is 39.3 Å². The highest BCUT2D eigenvalue weighted by Crippen LogP contribution is 2.27. The number of thioether (sulfide) groups is 1. The highest BCUT2D eigenvalue weighted by molar-refractivity contribution is 9.10. The maximum absolute atomic E-state index is 12.2. The molecule has 0 radical (unpaired) electrons. The minimum Gasteiger partial charge on any atom is -0.324 e. The van der Waals surface area contributed by atoms with Crippen molar-refractivity contribution in [1.82, 2.24) is 0 Å². The van der Waals surface area contributed by atoms with Crippen molar-refractivity contribution in [2.24, 2.45) is 0 Å². The van der Waals surface area contributed by atoms with E-state index in [4.69, 9.17) is 11.6 Å². The van der Waals surface area contributed by atoms with Crippen molar-refractivity contribution < 1.29 is 4.79 Å². The molecule has 20 heavy (non-hydrogen) atoms. The maximum atomic E-state index is 12.2. The van der Waals surface area contributed by atoms with E-state index in [9.17, 15) is 4.79 Å². The largest absolute Gasteiger partial charge is 0.324 e. The van der Waals surface area contributed by atoms with Crippen molar-refractivity contribution in [1.29, 1.82) is 0 Å². The topological polar surface area (TPSA) is 29.1 Å². The monoisotopic (exact) mass is 369 g/mol. The van der Waals surface area contributed by atoms with Gasteiger partial charge in [-0.1, -0.05) is 23.7 Å². The average Bonchev–Trinajstić information content (AvgIpc) is 2.44. The molecule has 0 bridgehead atoms. The van der Waals surface area contributed by atoms with Gasteiger partial charge in [0, 0.05) is 14.4 Å². The number of anilines is 1. The predicted octanol–water partition coefficient (Wildman–Crippen LogP) is 5.22. The number of halogens is 2. The molecule has 0 saturated heterocycles. The van der Waals surface area contributed by atoms with E-state index in [-0.39, 0.29) is 11.2 Å². The van der Waals surface area contributed by atoms with E-state index in [1.165, 1.54) is 11.8 Å². The van der Waals surface area contributed by atoms with Crippen LogP contribution in [0.3, 0.4) is 0 Å². The van der Waals surface area contributed by atoms with Crippen LogP contribution in [0, 0.1) is 0 Å². The maximum Gasteiger partial charge on any atom is 0.237 e. The molecule has 2 aromatic rings. The molecule has 0 aliphatic carbocycles. The zero-order valence-corrected chi connectivity index (χ0v) is 13.9. The van der Waals surface area contributed by atoms with Crippen LogP contribution < -0.4 is 5.32 Å². The molecule has 104 valence electrons. The van der Waals surface area contributed by atoms with Gasteiger partial charge in [0.25, 0.3) is 0 Å². The van der Waals surface area contributed by atoms with Crippen molar-refractivity contribution in [3.05, 3.63) is 58.0 Å². The number of hydrogen-bond donors (Lipinski definition) is 1. The normalized spacial score (nSPS) is 11.9. The second-order valence-corrected chi connectivity index (χ2v) is 6.89. The van der Waals surface area contributed by atoms with Crippen molar-refractivity contribution in [2.75, 3.05) is 5.32 Å². The summed E-state index contributed by atoms with van der Waals surface area (Å²) >= 11 is 10.8. The van der Waals surface area contributed by atoms with E-state index in [0.29, 0.717) is 5.02 Å². The quantitative estimate of drug-likeness (QED) is 0.747. The number of carbonyl (C=O) groups excluding carboxylic acids is 1. The summed E-state index contributed by atoms with van der Waals surface area (Å²) in [5, 5.41) is 3.41. The standard InChI is InChI=1S/C15H13BrClNOS/c1-10(20-12-8-6-11(17)7-9-12)15(19)18-14-5-3-2-4-13(14)16/h2-10H,1H3,(H,18,19)/t10-/m0/s1. The van der Waals surface area contributed by atoms with Gasteiger partial charge in [0.1, 0.15) is 0 Å². The van der Waals surface area contributed by atoms with Gasteiger partial charge in [0.2, 0.25) is 5.91 Å². The number of hydrogen-bond acceptors (Lipinski definition) is 2. The van der Waals surface area contributed by atoms with E-state index in [1.807, 2.05) is 55.5 Å². The SMILES string of the molecule is C[C@H](Sc1ccc(Cl)cc1)C(=O)Nc1ccccc1Br. The third kappa shape index (κ3) is 4.27. The number of nitrogens with one attached hydrogen (secondary N) is 1. The molecule has 0 unspecified atom stereocenters. The van der Waals surface area contributed by atoms with Crippen LogP contribution in [0.5, 0.6) is 0 Å². The molecule has 1 amide bonds. The molecule has 0 aromatic heterocycles. The number of amides is 1. The van der Waals surface area contributed by atoms with Gasteiger partial charge < -0.3 is 5.32 Å². The zero-order valence-electron chi connectivity index (χ0n) is 10.8. The Balaban J connectivity index is 1.99. The summed E-state index contributed by atoms with van der Waals surface area (Å²) in [5.74, 6) is -0.0307. The summed E-state index contributed by atoms with van der Waals surface area (Å²) in [5.41, 5.74) is 0.779. The minimum atomic E-state index is -0.191. The summed E-state index contributed by atoms with van der Waals surface area (Å²) in [6.45, 7) is 1.88. The van der Waals surface area contributed by atoms with Crippen molar-refractivity contribution in [2.45, 2.75) is 17.1 Å². The number of para-hydroxylation sites is 1. The predicted molar refractivity (Wildman–Crippen MR) is 89.5 cm³/mol. The zero-order chi connectivity index (χ0) is 14.5. The Morgan fingerprint density at radius 1 is 1.20 bits per heavy atom. The fourth-order valence-electron chi connectivity index (χ4n) is 1.57. The lowest BCUT2D eigenvalue weighted by molar-refractivity contribution is -0.115. The Labute approximate surface area is 136 Å². The highest BCUT2D eigenvalue weighted by atomic mass is 79.9. The van der Waals surface area contributed by atoms with Crippen LogP contribution in [0.2, 0.25) is 5.02 Å². The minimum absolute atomic E-state index is 0.0307. The van der Waals surface area contributed by atoms with E-state index in [2.05, 4.69) is 21.2 Å². The molecule has 1 N–H and O–H groups in total. The third-order valence-electron chi connectivity index (χ3n) is 2.63. The lowest BCUT2D eigenvalue weighted by Crippen LogP contribution is -2.22. The second-order valence-electron chi connectivity index (χ2n) is 4.18. The molecule has 5 heteroatoms. The summed E-state index contributed by atoms with van der Waals surface area (Å²) in [6, 6.07) is 15.0. The van der Waals surface area contributed by atoms with Gasteiger partial charge in [0.15, 0.2) is 0 Å². The Hall–Kier alpha value is -0.970. The van der Waals surface area contributed by atoms with Crippen LogP contribution in [0.4, 0.5) is 5.69 Å². The fourth-order valence-corrected chi connectivity index (χ4v) is 2.95. The molecular formula is C15H13BrClNOS. The van der Waals surface area contributed by atoms with Crippen LogP contribution in [-0.4, -0.2) is 11.2 Å². The first-order chi connectivity index (χ1) is 9.56. The van der Waals surface area contributed by atoms with Gasteiger partial charge in [-0.05, 0) is 59.3 Å². The molecule has 2 nitrogen and oxygen atoms in total. The molecule has 0 aliphatic heterocycles. The second kappa shape index (κ2) is 7.16. The first-order valence-corrected chi connectivity index (χ1v) is 8.09. The van der Waals surface area contributed by atoms with Crippen molar-refractivity contribution >= 4 is 50.9 Å². The molecular weight excluding hydrogens is 358 g/mol. The molecule has 1 atom stereocenters. The van der Waals surface area contributed by atoms with Gasteiger partial charge in [-0.15, -0.1) is 11.8 Å². The lowest BCUT2D eigenvalue weighted by atomic mass is 10.3. The van der Waals surface area contributed by atoms with Gasteiger partial charge in [-0.2, -0.15) is 0 Å². The summed E-state index contributed by atoms with van der Waals surface area (Å²) in [4.78, 5) is 13.2. The third-order valence-corrected chi connectivity index (χ3v) is 4.68. The fraction of sp³-hybridized carbons (Fsp3) is 0.133. The van der Waals surface area contributed by atoms with Crippen molar-refractivity contribution in [3.63, 3.8) is 0 Å². The summed E-state index contributed by atoms with van der Waals surface area (Å²) in [6.07, 6.45) is 0. The molecule has 0 aliphatic rings. The van der Waals surface area contributed by atoms with Gasteiger partial charge in [-0.3, -0.25) is 4.79 Å². The summed E-state index contributed by atoms with van der Waals surface area (Å²) < 4.78 is 0.872. The van der Waals surface area contributed by atoms with E-state index in [1.54, 1.807) is 0 Å². The van der Waals surface area contributed by atoms with Crippen LogP contribution in [0.1, 0.15) is 6.92 Å². The average molecular weight is 371 g/mol. The Kier molecular flexibility index (Phi) is 5.52. The first-order valence-electron chi connectivity index (χ1n) is 6.04. The summed E-state index contributed by atoms with van der Waals surface area (Å²) in [7, 11) is 0. The number of benzene rings is 2. The number of carbonyl (C=O) groups is 1. The molecule has 0 heterocycles. The molecule has 0 spiro atoms. The Morgan fingerprint density at radius 3 is 2.50 bits per heavy atom.